The van der Waals surface area contributed by atoms with Crippen LogP contribution in [0, 0.1) is 13.8 Å². The molecule has 0 radical (unpaired) electrons. The largest absolute Gasteiger partial charge is 0.454 e. The van der Waals surface area contributed by atoms with Crippen molar-refractivity contribution in [3.63, 3.8) is 0 Å². The van der Waals surface area contributed by atoms with Gasteiger partial charge in [-0.2, -0.15) is 5.10 Å². The standard InChI is InChI=1S/C20H19N3O3/c1-13-4-3-5-15(8-13)11-23-14(2)9-19(22-23)21-20(24)16-6-7-17-18(10-16)26-12-25-17/h3-10H,11-12H2,1-2H3,(H,21,22,24). The second-order valence-electron chi connectivity index (χ2n) is 6.34. The number of aromatic nitrogens is 2. The normalized spacial score (nSPS) is 12.2. The highest BCUT2D eigenvalue weighted by Gasteiger charge is 2.17. The van der Waals surface area contributed by atoms with E-state index in [-0.39, 0.29) is 12.7 Å². The average Bonchev–Trinajstić information content (AvgIpc) is 3.21. The van der Waals surface area contributed by atoms with Gasteiger partial charge in [-0.3, -0.25) is 9.48 Å². The van der Waals surface area contributed by atoms with E-state index >= 15 is 0 Å². The quantitative estimate of drug-likeness (QED) is 0.782. The maximum Gasteiger partial charge on any atom is 0.257 e. The van der Waals surface area contributed by atoms with E-state index < -0.39 is 0 Å². The summed E-state index contributed by atoms with van der Waals surface area (Å²) in [6, 6.07) is 15.3. The van der Waals surface area contributed by atoms with Crippen LogP contribution in [0.2, 0.25) is 0 Å². The number of rotatable bonds is 4. The molecular weight excluding hydrogens is 330 g/mol. The fraction of sp³-hybridized carbons (Fsp3) is 0.200. The van der Waals surface area contributed by atoms with E-state index in [1.807, 2.05) is 23.7 Å². The Labute approximate surface area is 151 Å². The SMILES string of the molecule is Cc1cccc(Cn2nc(NC(=O)c3ccc4c(c3)OCO4)cc2C)c1. The van der Waals surface area contributed by atoms with Gasteiger partial charge in [0.05, 0.1) is 6.54 Å². The van der Waals surface area contributed by atoms with Crippen LogP contribution in [-0.2, 0) is 6.54 Å². The van der Waals surface area contributed by atoms with Crippen molar-refractivity contribution < 1.29 is 14.3 Å². The molecule has 1 amide bonds. The molecule has 0 saturated heterocycles. The van der Waals surface area contributed by atoms with Gasteiger partial charge >= 0.3 is 0 Å². The van der Waals surface area contributed by atoms with Gasteiger partial charge in [0.25, 0.3) is 5.91 Å². The number of ether oxygens (including phenoxy) is 2. The lowest BCUT2D eigenvalue weighted by atomic mass is 10.1. The van der Waals surface area contributed by atoms with Gasteiger partial charge in [0.1, 0.15) is 0 Å². The molecule has 0 aliphatic carbocycles. The van der Waals surface area contributed by atoms with Crippen molar-refractivity contribution in [2.75, 3.05) is 12.1 Å². The van der Waals surface area contributed by atoms with Gasteiger partial charge in [-0.05, 0) is 37.6 Å². The van der Waals surface area contributed by atoms with E-state index in [9.17, 15) is 4.79 Å². The number of amides is 1. The van der Waals surface area contributed by atoms with Crippen LogP contribution in [-0.4, -0.2) is 22.5 Å². The van der Waals surface area contributed by atoms with Gasteiger partial charge in [-0.25, -0.2) is 0 Å². The summed E-state index contributed by atoms with van der Waals surface area (Å²) in [7, 11) is 0. The summed E-state index contributed by atoms with van der Waals surface area (Å²) in [6.45, 7) is 4.88. The molecule has 0 bridgehead atoms. The second kappa shape index (κ2) is 6.55. The van der Waals surface area contributed by atoms with E-state index in [0.717, 1.165) is 5.69 Å². The molecule has 3 aromatic rings. The lowest BCUT2D eigenvalue weighted by Gasteiger charge is -2.06. The summed E-state index contributed by atoms with van der Waals surface area (Å²) in [4.78, 5) is 12.5. The Kier molecular flexibility index (Phi) is 4.08. The van der Waals surface area contributed by atoms with Crippen LogP contribution in [0.3, 0.4) is 0 Å². The molecule has 0 fully saturated rings. The minimum Gasteiger partial charge on any atom is -0.454 e. The Morgan fingerprint density at radius 3 is 2.81 bits per heavy atom. The molecule has 2 aromatic carbocycles. The highest BCUT2D eigenvalue weighted by atomic mass is 16.7. The average molecular weight is 349 g/mol. The number of fused-ring (bicyclic) bond motifs is 1. The zero-order valence-electron chi connectivity index (χ0n) is 14.7. The molecule has 0 saturated carbocycles. The number of anilines is 1. The first-order valence-electron chi connectivity index (χ1n) is 8.39. The van der Waals surface area contributed by atoms with E-state index in [1.54, 1.807) is 18.2 Å². The molecule has 6 heteroatoms. The minimum absolute atomic E-state index is 0.183. The van der Waals surface area contributed by atoms with Crippen LogP contribution in [0.25, 0.3) is 0 Å². The zero-order valence-corrected chi connectivity index (χ0v) is 14.7. The predicted octanol–water partition coefficient (Wildman–Crippen LogP) is 3.53. The number of hydrogen-bond donors (Lipinski definition) is 1. The molecule has 0 spiro atoms. The number of hydrogen-bond acceptors (Lipinski definition) is 4. The molecular formula is C20H19N3O3. The lowest BCUT2D eigenvalue weighted by Crippen LogP contribution is -2.13. The summed E-state index contributed by atoms with van der Waals surface area (Å²) in [5.74, 6) is 1.53. The fourth-order valence-electron chi connectivity index (χ4n) is 2.94. The molecule has 2 heterocycles. The first-order valence-corrected chi connectivity index (χ1v) is 8.39. The van der Waals surface area contributed by atoms with Crippen molar-refractivity contribution in [3.05, 3.63) is 70.9 Å². The Morgan fingerprint density at radius 1 is 1.12 bits per heavy atom. The van der Waals surface area contributed by atoms with E-state index in [4.69, 9.17) is 9.47 Å². The molecule has 6 nitrogen and oxygen atoms in total. The maximum atomic E-state index is 12.5. The molecule has 1 N–H and O–H groups in total. The van der Waals surface area contributed by atoms with Crippen molar-refractivity contribution >= 4 is 11.7 Å². The van der Waals surface area contributed by atoms with Crippen LogP contribution < -0.4 is 14.8 Å². The number of nitrogens with one attached hydrogen (secondary N) is 1. The molecule has 4 rings (SSSR count). The van der Waals surface area contributed by atoms with Crippen LogP contribution >= 0.6 is 0 Å². The first kappa shape index (κ1) is 16.2. The monoisotopic (exact) mass is 349 g/mol. The highest BCUT2D eigenvalue weighted by molar-refractivity contribution is 6.04. The molecule has 1 aliphatic heterocycles. The van der Waals surface area contributed by atoms with E-state index in [0.29, 0.717) is 29.4 Å². The fourth-order valence-corrected chi connectivity index (χ4v) is 2.94. The molecule has 26 heavy (non-hydrogen) atoms. The van der Waals surface area contributed by atoms with Gasteiger partial charge < -0.3 is 14.8 Å². The van der Waals surface area contributed by atoms with Crippen LogP contribution in [0.15, 0.2) is 48.5 Å². The molecule has 0 atom stereocenters. The number of carbonyl (C=O) groups is 1. The number of carbonyl (C=O) groups excluding carboxylic acids is 1. The zero-order chi connectivity index (χ0) is 18.1. The van der Waals surface area contributed by atoms with Gasteiger partial charge in [0, 0.05) is 17.3 Å². The topological polar surface area (TPSA) is 65.4 Å². The van der Waals surface area contributed by atoms with Gasteiger partial charge in [-0.1, -0.05) is 29.8 Å². The smallest absolute Gasteiger partial charge is 0.257 e. The van der Waals surface area contributed by atoms with Crippen LogP contribution in [0.5, 0.6) is 11.5 Å². The van der Waals surface area contributed by atoms with Crippen LogP contribution in [0.4, 0.5) is 5.82 Å². The van der Waals surface area contributed by atoms with Crippen LogP contribution in [0.1, 0.15) is 27.2 Å². The van der Waals surface area contributed by atoms with Crippen molar-refractivity contribution in [1.29, 1.82) is 0 Å². The third kappa shape index (κ3) is 3.26. The third-order valence-electron chi connectivity index (χ3n) is 4.27. The summed E-state index contributed by atoms with van der Waals surface area (Å²) in [6.07, 6.45) is 0. The third-order valence-corrected chi connectivity index (χ3v) is 4.27. The molecule has 132 valence electrons. The second-order valence-corrected chi connectivity index (χ2v) is 6.34. The first-order chi connectivity index (χ1) is 12.6. The molecule has 1 aliphatic rings. The van der Waals surface area contributed by atoms with Crippen molar-refractivity contribution in [2.45, 2.75) is 20.4 Å². The summed E-state index contributed by atoms with van der Waals surface area (Å²) in [5, 5.41) is 7.34. The van der Waals surface area contributed by atoms with E-state index in [1.165, 1.54) is 11.1 Å². The summed E-state index contributed by atoms with van der Waals surface area (Å²) in [5.41, 5.74) is 3.86. The summed E-state index contributed by atoms with van der Waals surface area (Å²) >= 11 is 0. The number of nitrogens with zero attached hydrogens (tertiary/aromatic N) is 2. The summed E-state index contributed by atoms with van der Waals surface area (Å²) < 4.78 is 12.5. The molecule has 0 unspecified atom stereocenters. The minimum atomic E-state index is -0.233. The Balaban J connectivity index is 1.49. The Bertz CT molecular complexity index is 978. The number of benzene rings is 2. The lowest BCUT2D eigenvalue weighted by molar-refractivity contribution is 0.102. The van der Waals surface area contributed by atoms with Gasteiger partial charge in [-0.15, -0.1) is 0 Å². The Morgan fingerprint density at radius 2 is 1.96 bits per heavy atom. The van der Waals surface area contributed by atoms with Gasteiger partial charge in [0.15, 0.2) is 17.3 Å². The predicted molar refractivity (Wildman–Crippen MR) is 97.8 cm³/mol. The van der Waals surface area contributed by atoms with E-state index in [2.05, 4.69) is 35.5 Å². The van der Waals surface area contributed by atoms with Crippen molar-refractivity contribution in [1.82, 2.24) is 9.78 Å². The van der Waals surface area contributed by atoms with Crippen molar-refractivity contribution in [2.24, 2.45) is 0 Å². The van der Waals surface area contributed by atoms with Gasteiger partial charge in [0.2, 0.25) is 6.79 Å². The number of aryl methyl sites for hydroxylation is 2. The molecule has 1 aromatic heterocycles. The maximum absolute atomic E-state index is 12.5. The van der Waals surface area contributed by atoms with Crippen molar-refractivity contribution in [3.8, 4) is 11.5 Å². The Hall–Kier alpha value is -3.28. The highest BCUT2D eigenvalue weighted by Crippen LogP contribution is 2.32.